The molecule has 0 radical (unpaired) electrons. The Morgan fingerprint density at radius 1 is 1.46 bits per heavy atom. The number of rotatable bonds is 4. The number of aliphatic hydroxyl groups excluding tert-OH is 1. The Kier molecular flexibility index (Phi) is 5.46. The van der Waals surface area contributed by atoms with E-state index < -0.39 is 0 Å². The molecule has 0 heterocycles. The molecule has 0 fully saturated rings. The molecule has 1 atom stereocenters. The summed E-state index contributed by atoms with van der Waals surface area (Å²) in [4.78, 5) is 12.7. The van der Waals surface area contributed by atoms with Crippen LogP contribution in [0, 0.1) is 0 Å². The first-order valence-corrected chi connectivity index (χ1v) is 4.53. The van der Waals surface area contributed by atoms with Crippen molar-refractivity contribution in [2.75, 3.05) is 13.6 Å². The van der Waals surface area contributed by atoms with E-state index in [1.807, 2.05) is 0 Å². The summed E-state index contributed by atoms with van der Waals surface area (Å²) in [7, 11) is 1.66. The Morgan fingerprint density at radius 3 is 2.38 bits per heavy atom. The number of carbonyl (C=O) groups is 1. The van der Waals surface area contributed by atoms with Gasteiger partial charge >= 0.3 is 6.09 Å². The summed E-state index contributed by atoms with van der Waals surface area (Å²) in [6.07, 6.45) is -0.240. The van der Waals surface area contributed by atoms with Crippen LogP contribution in [-0.4, -0.2) is 41.9 Å². The number of hydrogen-bond donors (Lipinski definition) is 1. The first-order chi connectivity index (χ1) is 5.93. The van der Waals surface area contributed by atoms with Gasteiger partial charge in [0, 0.05) is 13.6 Å². The fraction of sp³-hybridized carbons (Fsp3) is 0.889. The molecule has 0 rings (SSSR count). The summed E-state index contributed by atoms with van der Waals surface area (Å²) in [6, 6.07) is 0. The van der Waals surface area contributed by atoms with Crippen molar-refractivity contribution in [3.05, 3.63) is 0 Å². The molecule has 0 spiro atoms. The van der Waals surface area contributed by atoms with Crippen molar-refractivity contribution >= 4 is 6.09 Å². The summed E-state index contributed by atoms with van der Waals surface area (Å²) >= 11 is 0. The molecule has 4 heteroatoms. The van der Waals surface area contributed by atoms with Crippen LogP contribution in [0.5, 0.6) is 0 Å². The molecule has 4 nitrogen and oxygen atoms in total. The van der Waals surface area contributed by atoms with Crippen LogP contribution in [0.3, 0.4) is 0 Å². The third-order valence-electron chi connectivity index (χ3n) is 1.53. The lowest BCUT2D eigenvalue weighted by Gasteiger charge is -2.19. The van der Waals surface area contributed by atoms with Crippen LogP contribution in [0.2, 0.25) is 0 Å². The third kappa shape index (κ3) is 6.40. The molecule has 1 N–H and O–H groups in total. The number of amides is 1. The van der Waals surface area contributed by atoms with Crippen LogP contribution < -0.4 is 0 Å². The molecule has 13 heavy (non-hydrogen) atoms. The number of ether oxygens (including phenoxy) is 1. The molecule has 0 saturated carbocycles. The zero-order valence-corrected chi connectivity index (χ0v) is 8.78. The first-order valence-electron chi connectivity index (χ1n) is 4.53. The largest absolute Gasteiger partial charge is 0.447 e. The highest BCUT2D eigenvalue weighted by Crippen LogP contribution is 1.98. The second-order valence-corrected chi connectivity index (χ2v) is 3.49. The molecule has 1 amide bonds. The standard InChI is InChI=1S/C9H19NO3/c1-7(2)13-9(12)10(4)6-5-8(3)11/h7-8,11H,5-6H2,1-4H3. The maximum atomic E-state index is 11.2. The van der Waals surface area contributed by atoms with Gasteiger partial charge in [-0.3, -0.25) is 0 Å². The maximum absolute atomic E-state index is 11.2. The molecular weight excluding hydrogens is 170 g/mol. The summed E-state index contributed by atoms with van der Waals surface area (Å²) in [5.41, 5.74) is 0. The molecule has 0 aliphatic heterocycles. The quantitative estimate of drug-likeness (QED) is 0.723. The highest BCUT2D eigenvalue weighted by Gasteiger charge is 2.11. The predicted molar refractivity (Wildman–Crippen MR) is 50.5 cm³/mol. The molecule has 0 aromatic rings. The van der Waals surface area contributed by atoms with Crippen molar-refractivity contribution in [3.8, 4) is 0 Å². The predicted octanol–water partition coefficient (Wildman–Crippen LogP) is 1.23. The second-order valence-electron chi connectivity index (χ2n) is 3.49. The van der Waals surface area contributed by atoms with Crippen molar-refractivity contribution in [3.63, 3.8) is 0 Å². The Labute approximate surface area is 79.5 Å². The molecule has 1 unspecified atom stereocenters. The molecule has 78 valence electrons. The molecule has 0 aromatic heterocycles. The van der Waals surface area contributed by atoms with Crippen LogP contribution in [0.25, 0.3) is 0 Å². The van der Waals surface area contributed by atoms with Crippen molar-refractivity contribution < 1.29 is 14.6 Å². The number of carbonyl (C=O) groups excluding carboxylic acids is 1. The SMILES string of the molecule is CC(O)CCN(C)C(=O)OC(C)C. The van der Waals surface area contributed by atoms with E-state index in [1.165, 1.54) is 4.90 Å². The van der Waals surface area contributed by atoms with Gasteiger partial charge in [0.1, 0.15) is 0 Å². The molecule has 0 aliphatic carbocycles. The van der Waals surface area contributed by atoms with E-state index in [2.05, 4.69) is 0 Å². The molecule has 0 aliphatic rings. The lowest BCUT2D eigenvalue weighted by Crippen LogP contribution is -2.31. The average Bonchev–Trinajstić information content (AvgIpc) is 1.98. The average molecular weight is 189 g/mol. The van der Waals surface area contributed by atoms with Gasteiger partial charge in [-0.15, -0.1) is 0 Å². The Hall–Kier alpha value is -0.770. The molecular formula is C9H19NO3. The maximum Gasteiger partial charge on any atom is 0.409 e. The van der Waals surface area contributed by atoms with Gasteiger partial charge in [0.15, 0.2) is 0 Å². The van der Waals surface area contributed by atoms with Gasteiger partial charge < -0.3 is 14.7 Å². The van der Waals surface area contributed by atoms with E-state index in [1.54, 1.807) is 27.8 Å². The summed E-state index contributed by atoms with van der Waals surface area (Å²) in [5.74, 6) is 0. The lowest BCUT2D eigenvalue weighted by molar-refractivity contribution is 0.0790. The topological polar surface area (TPSA) is 49.8 Å². The zero-order chi connectivity index (χ0) is 10.4. The highest BCUT2D eigenvalue weighted by molar-refractivity contribution is 5.67. The van der Waals surface area contributed by atoms with Crippen LogP contribution in [0.15, 0.2) is 0 Å². The van der Waals surface area contributed by atoms with E-state index in [0.29, 0.717) is 13.0 Å². The number of nitrogens with zero attached hydrogens (tertiary/aromatic N) is 1. The van der Waals surface area contributed by atoms with Crippen molar-refractivity contribution in [1.82, 2.24) is 4.90 Å². The van der Waals surface area contributed by atoms with Crippen LogP contribution in [0.4, 0.5) is 4.79 Å². The van der Waals surface area contributed by atoms with Crippen LogP contribution in [-0.2, 0) is 4.74 Å². The van der Waals surface area contributed by atoms with E-state index in [0.717, 1.165) is 0 Å². The first kappa shape index (κ1) is 12.2. The number of aliphatic hydroxyl groups is 1. The van der Waals surface area contributed by atoms with Gasteiger partial charge in [-0.05, 0) is 27.2 Å². The highest BCUT2D eigenvalue weighted by atomic mass is 16.6. The van der Waals surface area contributed by atoms with Crippen LogP contribution in [0.1, 0.15) is 27.2 Å². The minimum Gasteiger partial charge on any atom is -0.447 e. The monoisotopic (exact) mass is 189 g/mol. The second kappa shape index (κ2) is 5.80. The van der Waals surface area contributed by atoms with E-state index in [4.69, 9.17) is 9.84 Å². The smallest absolute Gasteiger partial charge is 0.409 e. The van der Waals surface area contributed by atoms with Gasteiger partial charge in [-0.2, -0.15) is 0 Å². The van der Waals surface area contributed by atoms with Crippen molar-refractivity contribution in [2.24, 2.45) is 0 Å². The van der Waals surface area contributed by atoms with Gasteiger partial charge in [0.2, 0.25) is 0 Å². The fourth-order valence-corrected chi connectivity index (χ4v) is 0.763. The Balaban J connectivity index is 3.69. The fourth-order valence-electron chi connectivity index (χ4n) is 0.763. The van der Waals surface area contributed by atoms with E-state index in [9.17, 15) is 4.79 Å². The van der Waals surface area contributed by atoms with Crippen molar-refractivity contribution in [1.29, 1.82) is 0 Å². The lowest BCUT2D eigenvalue weighted by atomic mass is 10.3. The Morgan fingerprint density at radius 2 is 2.00 bits per heavy atom. The minimum atomic E-state index is -0.380. The normalized spacial score (nSPS) is 12.8. The minimum absolute atomic E-state index is 0.0958. The van der Waals surface area contributed by atoms with Crippen LogP contribution >= 0.6 is 0 Å². The zero-order valence-electron chi connectivity index (χ0n) is 8.78. The van der Waals surface area contributed by atoms with Gasteiger partial charge in [-0.25, -0.2) is 4.79 Å². The molecule has 0 aromatic carbocycles. The third-order valence-corrected chi connectivity index (χ3v) is 1.53. The van der Waals surface area contributed by atoms with Crippen molar-refractivity contribution in [2.45, 2.75) is 39.4 Å². The number of hydrogen-bond acceptors (Lipinski definition) is 3. The molecule has 0 saturated heterocycles. The van der Waals surface area contributed by atoms with Gasteiger partial charge in [-0.1, -0.05) is 0 Å². The van der Waals surface area contributed by atoms with E-state index >= 15 is 0 Å². The molecule has 0 bridgehead atoms. The van der Waals surface area contributed by atoms with E-state index in [-0.39, 0.29) is 18.3 Å². The van der Waals surface area contributed by atoms with Gasteiger partial charge in [0.25, 0.3) is 0 Å². The van der Waals surface area contributed by atoms with Gasteiger partial charge in [0.05, 0.1) is 12.2 Å². The summed E-state index contributed by atoms with van der Waals surface area (Å²) in [6.45, 7) is 5.83. The summed E-state index contributed by atoms with van der Waals surface area (Å²) < 4.78 is 4.95. The summed E-state index contributed by atoms with van der Waals surface area (Å²) in [5, 5.41) is 8.99. The Bertz CT molecular complexity index is 157.